The van der Waals surface area contributed by atoms with Gasteiger partial charge in [0, 0.05) is 24.5 Å². The molecule has 21 heavy (non-hydrogen) atoms. The first-order valence-corrected chi connectivity index (χ1v) is 7.35. The molecule has 2 N–H and O–H groups in total. The van der Waals surface area contributed by atoms with Crippen molar-refractivity contribution in [3.05, 3.63) is 35.9 Å². The van der Waals surface area contributed by atoms with Crippen LogP contribution in [0.25, 0.3) is 0 Å². The van der Waals surface area contributed by atoms with Crippen molar-refractivity contribution in [3.63, 3.8) is 0 Å². The van der Waals surface area contributed by atoms with E-state index < -0.39 is 0 Å². The average Bonchev–Trinajstić information content (AvgIpc) is 2.43. The maximum Gasteiger partial charge on any atom is 0.244 e. The van der Waals surface area contributed by atoms with E-state index in [4.69, 9.17) is 0 Å². The van der Waals surface area contributed by atoms with Crippen molar-refractivity contribution >= 4 is 40.9 Å². The van der Waals surface area contributed by atoms with E-state index in [-0.39, 0.29) is 24.3 Å². The molecule has 2 rings (SSSR count). The number of thioether (sulfide) groups is 1. The lowest BCUT2D eigenvalue weighted by atomic mass is 10.2. The maximum atomic E-state index is 11.9. The summed E-state index contributed by atoms with van der Waals surface area (Å²) in [5.74, 6) is -0.152. The molecule has 0 radical (unpaired) electrons. The van der Waals surface area contributed by atoms with Crippen molar-refractivity contribution in [1.29, 1.82) is 0 Å². The van der Waals surface area contributed by atoms with Gasteiger partial charge >= 0.3 is 0 Å². The van der Waals surface area contributed by atoms with Gasteiger partial charge in [-0.05, 0) is 29.7 Å². The smallest absolute Gasteiger partial charge is 0.244 e. The second-order valence-electron chi connectivity index (χ2n) is 4.42. The molecule has 0 bridgehead atoms. The van der Waals surface area contributed by atoms with Gasteiger partial charge in [-0.3, -0.25) is 14.4 Å². The van der Waals surface area contributed by atoms with Gasteiger partial charge < -0.3 is 15.5 Å². The van der Waals surface area contributed by atoms with Crippen LogP contribution in [0, 0.1) is 0 Å². The van der Waals surface area contributed by atoms with E-state index in [0.29, 0.717) is 17.1 Å². The summed E-state index contributed by atoms with van der Waals surface area (Å²) in [6.45, 7) is 1.42. The Balaban J connectivity index is 1.90. The molecular weight excluding hydrogens is 290 g/mol. The minimum absolute atomic E-state index is 0.0106. The van der Waals surface area contributed by atoms with Crippen LogP contribution >= 0.6 is 11.8 Å². The summed E-state index contributed by atoms with van der Waals surface area (Å²) >= 11 is 1.41. The van der Waals surface area contributed by atoms with Crippen LogP contribution in [0.4, 0.5) is 11.4 Å². The second kappa shape index (κ2) is 6.94. The van der Waals surface area contributed by atoms with E-state index >= 15 is 0 Å². The fraction of sp³-hybridized carbons (Fsp3) is 0.214. The number of carbonyl (C=O) groups excluding carboxylic acids is 3. The molecule has 0 saturated carbocycles. The van der Waals surface area contributed by atoms with E-state index in [1.165, 1.54) is 23.6 Å². The third-order valence-electron chi connectivity index (χ3n) is 2.67. The second-order valence-corrected chi connectivity index (χ2v) is 5.32. The van der Waals surface area contributed by atoms with Gasteiger partial charge in [0.1, 0.15) is 6.54 Å². The average molecular weight is 305 g/mol. The Bertz CT molecular complexity index is 584. The fourth-order valence-electron chi connectivity index (χ4n) is 1.74. The van der Waals surface area contributed by atoms with Crippen LogP contribution in [0.1, 0.15) is 6.92 Å². The minimum atomic E-state index is -0.271. The maximum absolute atomic E-state index is 11.9. The van der Waals surface area contributed by atoms with Crippen LogP contribution in [0.3, 0.4) is 0 Å². The number of rotatable bonds is 4. The minimum Gasteiger partial charge on any atom is -0.326 e. The zero-order chi connectivity index (χ0) is 15.2. The topological polar surface area (TPSA) is 78.5 Å². The molecule has 0 aliphatic carbocycles. The Labute approximate surface area is 126 Å². The van der Waals surface area contributed by atoms with Crippen LogP contribution in [0.15, 0.2) is 35.9 Å². The van der Waals surface area contributed by atoms with E-state index in [0.717, 1.165) is 0 Å². The zero-order valence-electron chi connectivity index (χ0n) is 11.5. The number of hydrogen-bond acceptors (Lipinski definition) is 4. The van der Waals surface area contributed by atoms with Crippen LogP contribution in [-0.4, -0.2) is 34.9 Å². The fourth-order valence-corrected chi connectivity index (χ4v) is 2.38. The predicted molar refractivity (Wildman–Crippen MR) is 82.7 cm³/mol. The number of carbonyl (C=O) groups is 3. The summed E-state index contributed by atoms with van der Waals surface area (Å²) in [6.07, 6.45) is 1.61. The summed E-state index contributed by atoms with van der Waals surface area (Å²) in [6, 6.07) is 6.76. The Morgan fingerprint density at radius 2 is 1.81 bits per heavy atom. The molecule has 6 nitrogen and oxygen atoms in total. The van der Waals surface area contributed by atoms with Crippen LogP contribution in [0.5, 0.6) is 0 Å². The third kappa shape index (κ3) is 4.64. The summed E-state index contributed by atoms with van der Waals surface area (Å²) < 4.78 is 0. The number of hydrogen-bond donors (Lipinski definition) is 2. The Kier molecular flexibility index (Phi) is 4.99. The monoisotopic (exact) mass is 305 g/mol. The molecule has 0 fully saturated rings. The standard InChI is InChI=1S/C14H15N3O3S/c1-10(18)15-11-2-4-12(5-3-11)16-13(19)8-17-6-7-21-9-14(17)20/h2-7H,8-9H2,1H3,(H,15,18)(H,16,19). The molecule has 110 valence electrons. The lowest BCUT2D eigenvalue weighted by Gasteiger charge is -2.20. The highest BCUT2D eigenvalue weighted by atomic mass is 32.2. The summed E-state index contributed by atoms with van der Waals surface area (Å²) in [7, 11) is 0. The predicted octanol–water partition coefficient (Wildman–Crippen LogP) is 1.63. The summed E-state index contributed by atoms with van der Waals surface area (Å²) in [5.41, 5.74) is 1.27. The molecule has 0 saturated heterocycles. The van der Waals surface area contributed by atoms with E-state index in [1.807, 2.05) is 0 Å². The molecule has 1 heterocycles. The quantitative estimate of drug-likeness (QED) is 0.886. The van der Waals surface area contributed by atoms with Crippen LogP contribution < -0.4 is 10.6 Å². The van der Waals surface area contributed by atoms with Gasteiger partial charge in [0.05, 0.1) is 5.75 Å². The van der Waals surface area contributed by atoms with Gasteiger partial charge in [-0.1, -0.05) is 0 Å². The summed E-state index contributed by atoms with van der Waals surface area (Å²) in [4.78, 5) is 35.7. The first-order chi connectivity index (χ1) is 10.0. The van der Waals surface area contributed by atoms with Gasteiger partial charge in [0.2, 0.25) is 17.7 Å². The highest BCUT2D eigenvalue weighted by Gasteiger charge is 2.17. The van der Waals surface area contributed by atoms with Gasteiger partial charge in [-0.2, -0.15) is 0 Å². The molecule has 3 amide bonds. The first kappa shape index (κ1) is 15.1. The van der Waals surface area contributed by atoms with Crippen LogP contribution in [0.2, 0.25) is 0 Å². The molecular formula is C14H15N3O3S. The largest absolute Gasteiger partial charge is 0.326 e. The number of anilines is 2. The first-order valence-electron chi connectivity index (χ1n) is 6.30. The molecule has 0 aromatic heterocycles. The van der Waals surface area contributed by atoms with Crippen molar-refractivity contribution < 1.29 is 14.4 Å². The van der Waals surface area contributed by atoms with E-state index in [1.54, 1.807) is 35.9 Å². The molecule has 0 spiro atoms. The molecule has 0 unspecified atom stereocenters. The van der Waals surface area contributed by atoms with Crippen molar-refractivity contribution in [1.82, 2.24) is 4.90 Å². The Morgan fingerprint density at radius 3 is 2.38 bits per heavy atom. The van der Waals surface area contributed by atoms with E-state index in [9.17, 15) is 14.4 Å². The van der Waals surface area contributed by atoms with Crippen molar-refractivity contribution in [2.45, 2.75) is 6.92 Å². The van der Waals surface area contributed by atoms with Gasteiger partial charge in [0.25, 0.3) is 0 Å². The van der Waals surface area contributed by atoms with Gasteiger partial charge in [-0.15, -0.1) is 11.8 Å². The Morgan fingerprint density at radius 1 is 1.19 bits per heavy atom. The molecule has 1 aromatic carbocycles. The highest BCUT2D eigenvalue weighted by Crippen LogP contribution is 2.15. The van der Waals surface area contributed by atoms with Gasteiger partial charge in [0.15, 0.2) is 0 Å². The highest BCUT2D eigenvalue weighted by molar-refractivity contribution is 8.02. The molecule has 7 heteroatoms. The van der Waals surface area contributed by atoms with Crippen molar-refractivity contribution in [3.8, 4) is 0 Å². The molecule has 1 aliphatic rings. The number of amides is 3. The molecule has 1 aliphatic heterocycles. The number of nitrogens with zero attached hydrogens (tertiary/aromatic N) is 1. The van der Waals surface area contributed by atoms with E-state index in [2.05, 4.69) is 10.6 Å². The van der Waals surface area contributed by atoms with Crippen LogP contribution in [-0.2, 0) is 14.4 Å². The summed E-state index contributed by atoms with van der Waals surface area (Å²) in [5, 5.41) is 7.13. The number of nitrogens with one attached hydrogen (secondary N) is 2. The lowest BCUT2D eigenvalue weighted by Crippen LogP contribution is -2.36. The van der Waals surface area contributed by atoms with Crippen molar-refractivity contribution in [2.24, 2.45) is 0 Å². The zero-order valence-corrected chi connectivity index (χ0v) is 12.3. The molecule has 1 aromatic rings. The Hall–Kier alpha value is -2.28. The third-order valence-corrected chi connectivity index (χ3v) is 3.39. The SMILES string of the molecule is CC(=O)Nc1ccc(NC(=O)CN2C=CSCC2=O)cc1. The number of benzene rings is 1. The molecule has 0 atom stereocenters. The van der Waals surface area contributed by atoms with Crippen molar-refractivity contribution in [2.75, 3.05) is 22.9 Å². The lowest BCUT2D eigenvalue weighted by molar-refractivity contribution is -0.129. The van der Waals surface area contributed by atoms with Gasteiger partial charge in [-0.25, -0.2) is 0 Å². The normalized spacial score (nSPS) is 14.0.